The van der Waals surface area contributed by atoms with E-state index in [0.29, 0.717) is 17.4 Å². The third-order valence-corrected chi connectivity index (χ3v) is 14.2. The Morgan fingerprint density at radius 1 is 0.427 bits per heavy atom. The van der Waals surface area contributed by atoms with Crippen molar-refractivity contribution in [3.05, 3.63) is 85.1 Å². The largest absolute Gasteiger partial charge is 0.472 e. The topological polar surface area (TPSA) is 108 Å². The molecule has 2 atom stereocenters. The van der Waals surface area contributed by atoms with Gasteiger partial charge in [0.2, 0.25) is 0 Å². The van der Waals surface area contributed by atoms with Crippen LogP contribution < -0.4 is 0 Å². The van der Waals surface area contributed by atoms with Gasteiger partial charge in [0.25, 0.3) is 0 Å². The quantitative estimate of drug-likeness (QED) is 0.0211. The van der Waals surface area contributed by atoms with Crippen molar-refractivity contribution in [1.29, 1.82) is 0 Å². The van der Waals surface area contributed by atoms with E-state index in [2.05, 4.69) is 98.9 Å². The molecule has 0 rings (SSSR count). The molecule has 0 saturated carbocycles. The summed E-state index contributed by atoms with van der Waals surface area (Å²) in [6.07, 6.45) is 75.1. The minimum Gasteiger partial charge on any atom is -0.462 e. The molecule has 0 heterocycles. The Hall–Kier alpha value is -2.81. The average Bonchev–Trinajstić information content (AvgIpc) is 3.37. The van der Waals surface area contributed by atoms with Gasteiger partial charge in [0.1, 0.15) is 19.8 Å². The van der Waals surface area contributed by atoms with Crippen molar-refractivity contribution in [3.8, 4) is 0 Å². The van der Waals surface area contributed by atoms with Crippen molar-refractivity contribution < 1.29 is 42.1 Å². The monoisotopic (exact) mass is 1070 g/mol. The Morgan fingerprint density at radius 3 is 1.13 bits per heavy atom. The first kappa shape index (κ1) is 72.2. The molecule has 0 aromatic rings. The van der Waals surface area contributed by atoms with Gasteiger partial charge in [-0.25, -0.2) is 4.57 Å². The van der Waals surface area contributed by atoms with E-state index in [-0.39, 0.29) is 32.0 Å². The van der Waals surface area contributed by atoms with Crippen LogP contribution in [0.25, 0.3) is 0 Å². The number of allylic oxidation sites excluding steroid dienone is 14. The van der Waals surface area contributed by atoms with E-state index in [0.717, 1.165) is 89.9 Å². The number of carbonyl (C=O) groups excluding carboxylic acids is 2. The molecule has 10 heteroatoms. The lowest BCUT2D eigenvalue weighted by atomic mass is 10.0. The number of esters is 2. The van der Waals surface area contributed by atoms with Gasteiger partial charge in [-0.05, 0) is 70.6 Å². The maximum absolute atomic E-state index is 12.8. The number of phosphoric ester groups is 1. The molecule has 0 aromatic heterocycles. The van der Waals surface area contributed by atoms with Crippen molar-refractivity contribution in [3.63, 3.8) is 0 Å². The van der Waals surface area contributed by atoms with E-state index in [4.69, 9.17) is 18.5 Å². The van der Waals surface area contributed by atoms with Crippen molar-refractivity contribution in [2.24, 2.45) is 0 Å². The van der Waals surface area contributed by atoms with Crippen molar-refractivity contribution in [2.45, 2.75) is 270 Å². The molecule has 75 heavy (non-hydrogen) atoms. The Labute approximate surface area is 462 Å². The number of rotatable bonds is 56. The number of likely N-dealkylation sites (N-methyl/N-ethyl adjacent to an activating group) is 1. The standard InChI is InChI=1S/C65H116NO8P/c1-6-8-10-12-14-16-18-20-22-24-26-27-28-29-30-31-32-33-34-35-36-37-38-39-40-42-44-46-48-50-52-54-56-58-65(68)74-63(62-73-75(69,70)72-60-59-66(3,4)5)61-71-64(67)57-55-53-51-49-47-45-43-41-25-23-21-19-17-15-13-11-9-7-2/h8,10,14,16,20,22,26-27,29-30,32-33,35-36,63H,6-7,9,11-13,15,17-19,21,23-25,28,31,34,37-62H2,1-5H3/p+1/b10-8-,16-14-,22-20-,27-26-,30-29-,33-32-,36-35-. The van der Waals surface area contributed by atoms with Crippen LogP contribution in [0.3, 0.4) is 0 Å². The maximum Gasteiger partial charge on any atom is 0.472 e. The summed E-state index contributed by atoms with van der Waals surface area (Å²) < 4.78 is 34.6. The SMILES string of the molecule is CC/C=C\C/C=C\C/C=C\C/C=C\C/C=C\C/C=C\C/C=C\CCCCCCCCCCCCCC(=O)OC(COC(=O)CCCCCCCCCCCCCCCCCCCC)COP(=O)(O)OCC[N+](C)(C)C. The van der Waals surface area contributed by atoms with Crippen molar-refractivity contribution in [2.75, 3.05) is 47.5 Å². The molecule has 2 unspecified atom stereocenters. The van der Waals surface area contributed by atoms with Gasteiger partial charge in [-0.3, -0.25) is 18.6 Å². The van der Waals surface area contributed by atoms with Gasteiger partial charge < -0.3 is 18.9 Å². The summed E-state index contributed by atoms with van der Waals surface area (Å²) in [6, 6.07) is 0. The number of phosphoric acid groups is 1. The van der Waals surface area contributed by atoms with Gasteiger partial charge in [-0.1, -0.05) is 266 Å². The zero-order chi connectivity index (χ0) is 54.9. The zero-order valence-electron chi connectivity index (χ0n) is 49.3. The second-order valence-corrected chi connectivity index (χ2v) is 23.2. The van der Waals surface area contributed by atoms with Gasteiger partial charge in [0.15, 0.2) is 6.10 Å². The number of nitrogens with zero attached hydrogens (tertiary/aromatic N) is 1. The Morgan fingerprint density at radius 2 is 0.760 bits per heavy atom. The number of ether oxygens (including phenoxy) is 2. The number of unbranched alkanes of at least 4 members (excludes halogenated alkanes) is 28. The minimum absolute atomic E-state index is 0.0296. The van der Waals surface area contributed by atoms with Gasteiger partial charge in [0.05, 0.1) is 27.7 Å². The van der Waals surface area contributed by atoms with Gasteiger partial charge in [0, 0.05) is 12.8 Å². The molecule has 0 aromatic carbocycles. The fourth-order valence-electron chi connectivity index (χ4n) is 8.47. The minimum atomic E-state index is -4.39. The maximum atomic E-state index is 12.8. The predicted octanol–water partition coefficient (Wildman–Crippen LogP) is 19.4. The van der Waals surface area contributed by atoms with Crippen LogP contribution >= 0.6 is 7.82 Å². The molecular formula is C65H117NO8P+. The van der Waals surface area contributed by atoms with E-state index in [1.54, 1.807) is 0 Å². The zero-order valence-corrected chi connectivity index (χ0v) is 50.2. The number of hydrogen-bond acceptors (Lipinski definition) is 7. The molecule has 0 aliphatic carbocycles. The number of quaternary nitrogens is 1. The van der Waals surface area contributed by atoms with Crippen LogP contribution in [0.4, 0.5) is 0 Å². The molecule has 9 nitrogen and oxygen atoms in total. The van der Waals surface area contributed by atoms with E-state index in [1.165, 1.54) is 141 Å². The van der Waals surface area contributed by atoms with Crippen LogP contribution in [0.15, 0.2) is 85.1 Å². The predicted molar refractivity (Wildman–Crippen MR) is 321 cm³/mol. The molecule has 0 bridgehead atoms. The van der Waals surface area contributed by atoms with E-state index in [1.807, 2.05) is 21.1 Å². The molecule has 0 aliphatic rings. The summed E-state index contributed by atoms with van der Waals surface area (Å²) in [5.41, 5.74) is 0. The third-order valence-electron chi connectivity index (χ3n) is 13.2. The molecule has 1 N–H and O–H groups in total. The van der Waals surface area contributed by atoms with E-state index < -0.39 is 26.5 Å². The van der Waals surface area contributed by atoms with Crippen molar-refractivity contribution in [1.82, 2.24) is 0 Å². The Balaban J connectivity index is 4.11. The second-order valence-electron chi connectivity index (χ2n) is 21.7. The summed E-state index contributed by atoms with van der Waals surface area (Å²) in [5.74, 6) is -0.794. The highest BCUT2D eigenvalue weighted by Gasteiger charge is 2.27. The van der Waals surface area contributed by atoms with Crippen molar-refractivity contribution >= 4 is 19.8 Å². The lowest BCUT2D eigenvalue weighted by Crippen LogP contribution is -2.37. The smallest absolute Gasteiger partial charge is 0.462 e. The first-order chi connectivity index (χ1) is 36.5. The molecule has 434 valence electrons. The highest BCUT2D eigenvalue weighted by Crippen LogP contribution is 2.43. The Bertz CT molecular complexity index is 1540. The average molecular weight is 1070 g/mol. The lowest BCUT2D eigenvalue weighted by molar-refractivity contribution is -0.870. The first-order valence-electron chi connectivity index (χ1n) is 30.8. The van der Waals surface area contributed by atoms with Crippen LogP contribution in [-0.4, -0.2) is 74.9 Å². The summed E-state index contributed by atoms with van der Waals surface area (Å²) in [4.78, 5) is 35.7. The fourth-order valence-corrected chi connectivity index (χ4v) is 9.21. The van der Waals surface area contributed by atoms with Crippen LogP contribution in [0, 0.1) is 0 Å². The van der Waals surface area contributed by atoms with E-state index >= 15 is 0 Å². The summed E-state index contributed by atoms with van der Waals surface area (Å²) in [7, 11) is 1.48. The van der Waals surface area contributed by atoms with E-state index in [9.17, 15) is 19.0 Å². The van der Waals surface area contributed by atoms with Gasteiger partial charge in [-0.2, -0.15) is 0 Å². The molecule has 0 aliphatic heterocycles. The van der Waals surface area contributed by atoms with Gasteiger partial charge in [-0.15, -0.1) is 0 Å². The lowest BCUT2D eigenvalue weighted by Gasteiger charge is -2.24. The molecule has 0 radical (unpaired) electrons. The van der Waals surface area contributed by atoms with Crippen LogP contribution in [-0.2, 0) is 32.7 Å². The first-order valence-corrected chi connectivity index (χ1v) is 32.3. The summed E-state index contributed by atoms with van der Waals surface area (Å²) in [6.45, 7) is 4.34. The molecular weight excluding hydrogens is 954 g/mol. The highest BCUT2D eigenvalue weighted by atomic mass is 31.2. The Kier molecular flexibility index (Phi) is 53.8. The highest BCUT2D eigenvalue weighted by molar-refractivity contribution is 7.47. The number of carbonyl (C=O) groups is 2. The normalized spacial score (nSPS) is 13.8. The second kappa shape index (κ2) is 55.9. The molecule has 0 saturated heterocycles. The summed E-state index contributed by atoms with van der Waals surface area (Å²) in [5, 5.41) is 0. The third kappa shape index (κ3) is 60.3. The molecule has 0 amide bonds. The number of hydrogen-bond donors (Lipinski definition) is 1. The molecule has 0 spiro atoms. The van der Waals surface area contributed by atoms with Gasteiger partial charge >= 0.3 is 19.8 Å². The van der Waals surface area contributed by atoms with Crippen LogP contribution in [0.1, 0.15) is 264 Å². The summed E-state index contributed by atoms with van der Waals surface area (Å²) >= 11 is 0. The molecule has 0 fully saturated rings. The fraction of sp³-hybridized carbons (Fsp3) is 0.754. The van der Waals surface area contributed by atoms with Crippen LogP contribution in [0.2, 0.25) is 0 Å². The van der Waals surface area contributed by atoms with Crippen LogP contribution in [0.5, 0.6) is 0 Å².